The largest absolute Gasteiger partial charge is 0.448 e. The zero-order chi connectivity index (χ0) is 12.4. The van der Waals surface area contributed by atoms with Crippen molar-refractivity contribution in [2.45, 2.75) is 25.0 Å². The Morgan fingerprint density at radius 3 is 2.82 bits per heavy atom. The molecule has 0 spiro atoms. The molecule has 1 aromatic heterocycles. The summed E-state index contributed by atoms with van der Waals surface area (Å²) in [6, 6.07) is 4.35. The summed E-state index contributed by atoms with van der Waals surface area (Å²) < 4.78 is 5.36. The van der Waals surface area contributed by atoms with Crippen LogP contribution >= 0.6 is 11.6 Å². The SMILES string of the molecule is CN(C)[C@@H]1C[C@@H](CO)N(Cc2ccc(Cl)o2)C1. The molecule has 0 saturated carbocycles. The lowest BCUT2D eigenvalue weighted by atomic mass is 10.1. The minimum absolute atomic E-state index is 0.193. The molecule has 1 saturated heterocycles. The van der Waals surface area contributed by atoms with Crippen LogP contribution in [0.15, 0.2) is 16.5 Å². The van der Waals surface area contributed by atoms with Crippen molar-refractivity contribution in [2.75, 3.05) is 27.2 Å². The highest BCUT2D eigenvalue weighted by Crippen LogP contribution is 2.24. The number of hydrogen-bond acceptors (Lipinski definition) is 4. The fourth-order valence-corrected chi connectivity index (χ4v) is 2.51. The minimum Gasteiger partial charge on any atom is -0.448 e. The van der Waals surface area contributed by atoms with Crippen molar-refractivity contribution in [1.29, 1.82) is 0 Å². The molecule has 2 heterocycles. The summed E-state index contributed by atoms with van der Waals surface area (Å²) in [5.74, 6) is 0.854. The first-order valence-electron chi connectivity index (χ1n) is 5.85. The van der Waals surface area contributed by atoms with Crippen molar-refractivity contribution in [2.24, 2.45) is 0 Å². The highest BCUT2D eigenvalue weighted by molar-refractivity contribution is 6.28. The van der Waals surface area contributed by atoms with Gasteiger partial charge in [-0.15, -0.1) is 0 Å². The van der Waals surface area contributed by atoms with E-state index in [1.165, 1.54) is 0 Å². The molecule has 1 N–H and O–H groups in total. The maximum atomic E-state index is 9.40. The molecular formula is C12H19ClN2O2. The first-order chi connectivity index (χ1) is 8.10. The average molecular weight is 259 g/mol. The van der Waals surface area contributed by atoms with Gasteiger partial charge in [-0.2, -0.15) is 0 Å². The number of likely N-dealkylation sites (tertiary alicyclic amines) is 1. The number of likely N-dealkylation sites (N-methyl/N-ethyl adjacent to an activating group) is 1. The zero-order valence-corrected chi connectivity index (χ0v) is 11.0. The first kappa shape index (κ1) is 12.9. The summed E-state index contributed by atoms with van der Waals surface area (Å²) in [5.41, 5.74) is 0. The number of hydrogen-bond donors (Lipinski definition) is 1. The number of nitrogens with zero attached hydrogens (tertiary/aromatic N) is 2. The third-order valence-electron chi connectivity index (χ3n) is 3.43. The van der Waals surface area contributed by atoms with Gasteiger partial charge in [0, 0.05) is 18.6 Å². The van der Waals surface area contributed by atoms with Crippen molar-refractivity contribution >= 4 is 11.6 Å². The molecule has 0 unspecified atom stereocenters. The Bertz CT molecular complexity index is 367. The van der Waals surface area contributed by atoms with Gasteiger partial charge >= 0.3 is 0 Å². The third kappa shape index (κ3) is 3.01. The number of halogens is 1. The monoisotopic (exact) mass is 258 g/mol. The van der Waals surface area contributed by atoms with E-state index in [2.05, 4.69) is 23.9 Å². The fraction of sp³-hybridized carbons (Fsp3) is 0.667. The molecule has 0 radical (unpaired) electrons. The second kappa shape index (κ2) is 5.40. The standard InChI is InChI=1S/C12H19ClN2O2/c1-14(2)9-5-10(8-16)15(6-9)7-11-3-4-12(13)17-11/h3-4,9-10,16H,5-8H2,1-2H3/t9-,10+/m1/s1. The minimum atomic E-state index is 0.193. The van der Waals surface area contributed by atoms with Crippen LogP contribution < -0.4 is 0 Å². The van der Waals surface area contributed by atoms with Gasteiger partial charge in [0.05, 0.1) is 13.2 Å². The van der Waals surface area contributed by atoms with Crippen LogP contribution in [0.2, 0.25) is 5.22 Å². The Morgan fingerprint density at radius 2 is 2.29 bits per heavy atom. The van der Waals surface area contributed by atoms with Gasteiger partial charge in [-0.1, -0.05) is 0 Å². The smallest absolute Gasteiger partial charge is 0.193 e. The molecule has 1 aromatic rings. The van der Waals surface area contributed by atoms with E-state index in [1.54, 1.807) is 6.07 Å². The maximum absolute atomic E-state index is 9.40. The van der Waals surface area contributed by atoms with E-state index in [9.17, 15) is 5.11 Å². The molecule has 0 amide bonds. The summed E-state index contributed by atoms with van der Waals surface area (Å²) in [7, 11) is 4.15. The lowest BCUT2D eigenvalue weighted by Crippen LogP contribution is -2.33. The lowest BCUT2D eigenvalue weighted by Gasteiger charge is -2.21. The van der Waals surface area contributed by atoms with Gasteiger partial charge in [-0.05, 0) is 44.2 Å². The van der Waals surface area contributed by atoms with E-state index in [4.69, 9.17) is 16.0 Å². The van der Waals surface area contributed by atoms with Gasteiger partial charge in [0.15, 0.2) is 5.22 Å². The molecule has 1 aliphatic heterocycles. The summed E-state index contributed by atoms with van der Waals surface area (Å²) in [6.45, 7) is 1.86. The Kier molecular flexibility index (Phi) is 4.09. The molecule has 0 aliphatic carbocycles. The Morgan fingerprint density at radius 1 is 1.53 bits per heavy atom. The molecular weight excluding hydrogens is 240 g/mol. The molecule has 5 heteroatoms. The summed E-state index contributed by atoms with van der Waals surface area (Å²) in [6.07, 6.45) is 0.998. The number of furan rings is 1. The third-order valence-corrected chi connectivity index (χ3v) is 3.64. The number of aliphatic hydroxyl groups excluding tert-OH is 1. The summed E-state index contributed by atoms with van der Waals surface area (Å²) >= 11 is 5.75. The second-order valence-electron chi connectivity index (χ2n) is 4.82. The topological polar surface area (TPSA) is 39.9 Å². The van der Waals surface area contributed by atoms with Crippen LogP contribution in [-0.2, 0) is 6.54 Å². The van der Waals surface area contributed by atoms with E-state index >= 15 is 0 Å². The van der Waals surface area contributed by atoms with Gasteiger partial charge in [-0.3, -0.25) is 4.90 Å². The molecule has 2 rings (SSSR count). The normalized spacial score (nSPS) is 25.9. The van der Waals surface area contributed by atoms with Crippen LogP contribution in [0.5, 0.6) is 0 Å². The highest BCUT2D eigenvalue weighted by atomic mass is 35.5. The van der Waals surface area contributed by atoms with Crippen LogP contribution in [0.4, 0.5) is 0 Å². The maximum Gasteiger partial charge on any atom is 0.193 e. The van der Waals surface area contributed by atoms with Gasteiger partial charge in [0.25, 0.3) is 0 Å². The van der Waals surface area contributed by atoms with E-state index in [-0.39, 0.29) is 12.6 Å². The Balaban J connectivity index is 1.99. The van der Waals surface area contributed by atoms with Crippen molar-refractivity contribution in [3.8, 4) is 0 Å². The van der Waals surface area contributed by atoms with Gasteiger partial charge in [-0.25, -0.2) is 0 Å². The van der Waals surface area contributed by atoms with E-state index in [1.807, 2.05) is 6.07 Å². The first-order valence-corrected chi connectivity index (χ1v) is 6.23. The van der Waals surface area contributed by atoms with Crippen LogP contribution in [-0.4, -0.2) is 54.2 Å². The molecule has 2 atom stereocenters. The molecule has 4 nitrogen and oxygen atoms in total. The van der Waals surface area contributed by atoms with Crippen molar-refractivity contribution in [1.82, 2.24) is 9.80 Å². The predicted molar refractivity (Wildman–Crippen MR) is 67.1 cm³/mol. The van der Waals surface area contributed by atoms with Crippen molar-refractivity contribution < 1.29 is 9.52 Å². The molecule has 17 heavy (non-hydrogen) atoms. The van der Waals surface area contributed by atoms with Crippen molar-refractivity contribution in [3.63, 3.8) is 0 Å². The molecule has 0 bridgehead atoms. The molecule has 0 aromatic carbocycles. The number of aliphatic hydroxyl groups is 1. The average Bonchev–Trinajstić information content (AvgIpc) is 2.85. The lowest BCUT2D eigenvalue weighted by molar-refractivity contribution is 0.145. The molecule has 1 aliphatic rings. The summed E-state index contributed by atoms with van der Waals surface area (Å²) in [5, 5.41) is 9.82. The van der Waals surface area contributed by atoms with E-state index < -0.39 is 0 Å². The zero-order valence-electron chi connectivity index (χ0n) is 10.3. The molecule has 1 fully saturated rings. The highest BCUT2D eigenvalue weighted by Gasteiger charge is 2.32. The van der Waals surface area contributed by atoms with Gasteiger partial charge in [0.1, 0.15) is 5.76 Å². The number of rotatable bonds is 4. The van der Waals surface area contributed by atoms with E-state index in [0.29, 0.717) is 17.8 Å². The fourth-order valence-electron chi connectivity index (χ4n) is 2.35. The Labute approximate surface area is 107 Å². The van der Waals surface area contributed by atoms with Crippen LogP contribution in [0, 0.1) is 0 Å². The van der Waals surface area contributed by atoms with Crippen molar-refractivity contribution in [3.05, 3.63) is 23.1 Å². The van der Waals surface area contributed by atoms with Crippen LogP contribution in [0.25, 0.3) is 0 Å². The van der Waals surface area contributed by atoms with Crippen LogP contribution in [0.3, 0.4) is 0 Å². The predicted octanol–water partition coefficient (Wildman–Crippen LogP) is 1.43. The Hall–Kier alpha value is -0.550. The molecule has 96 valence electrons. The second-order valence-corrected chi connectivity index (χ2v) is 5.20. The van der Waals surface area contributed by atoms with Crippen LogP contribution in [0.1, 0.15) is 12.2 Å². The van der Waals surface area contributed by atoms with E-state index in [0.717, 1.165) is 18.7 Å². The van der Waals surface area contributed by atoms with Gasteiger partial charge < -0.3 is 14.4 Å². The van der Waals surface area contributed by atoms with Gasteiger partial charge in [0.2, 0.25) is 0 Å². The quantitative estimate of drug-likeness (QED) is 0.887. The summed E-state index contributed by atoms with van der Waals surface area (Å²) in [4.78, 5) is 4.46.